The van der Waals surface area contributed by atoms with Crippen LogP contribution < -0.4 is 15.5 Å². The first-order valence-electron chi connectivity index (χ1n) is 9.96. The molecule has 2 N–H and O–H groups in total. The van der Waals surface area contributed by atoms with E-state index in [-0.39, 0.29) is 12.1 Å². The smallest absolute Gasteiger partial charge is 0.319 e. The monoisotopic (exact) mass is 411 g/mol. The minimum absolute atomic E-state index is 0.0531. The topological polar surface area (TPSA) is 87.5 Å². The Morgan fingerprint density at radius 3 is 2.69 bits per heavy atom. The number of benzene rings is 1. The largest absolute Gasteiger partial charge is 0.353 e. The fourth-order valence-electron chi connectivity index (χ4n) is 3.75. The number of carbonyl (C=O) groups excluding carboxylic acids is 1. The third-order valence-electron chi connectivity index (χ3n) is 5.40. The zero-order chi connectivity index (χ0) is 19.8. The maximum absolute atomic E-state index is 12.4. The summed E-state index contributed by atoms with van der Waals surface area (Å²) in [6, 6.07) is 10.9. The van der Waals surface area contributed by atoms with Gasteiger partial charge in [-0.15, -0.1) is 15.3 Å². The van der Waals surface area contributed by atoms with Crippen LogP contribution in [0.25, 0.3) is 5.65 Å². The van der Waals surface area contributed by atoms with Crippen molar-refractivity contribution in [3.8, 4) is 0 Å². The molecule has 1 aromatic carbocycles. The number of amides is 2. The molecule has 8 nitrogen and oxygen atoms in total. The summed E-state index contributed by atoms with van der Waals surface area (Å²) >= 11 is 5.89. The fourth-order valence-corrected chi connectivity index (χ4v) is 3.88. The maximum atomic E-state index is 12.4. The lowest BCUT2D eigenvalue weighted by molar-refractivity contribution is 0.246. The van der Waals surface area contributed by atoms with Crippen molar-refractivity contribution in [2.75, 3.05) is 23.3 Å². The molecule has 9 heteroatoms. The van der Waals surface area contributed by atoms with E-state index in [1.54, 1.807) is 24.3 Å². The summed E-state index contributed by atoms with van der Waals surface area (Å²) in [5, 5.41) is 19.9. The van der Waals surface area contributed by atoms with Crippen molar-refractivity contribution >= 4 is 34.8 Å². The number of fused-ring (bicyclic) bond motifs is 1. The molecular weight excluding hydrogens is 390 g/mol. The first kappa shape index (κ1) is 18.2. The molecule has 3 heterocycles. The SMILES string of the molecule is O=C(Nc1ccc(Cl)cc1)NC1CCCN(c2ccc3nnc(C4CC4)n3n2)C1. The number of hydrogen-bond acceptors (Lipinski definition) is 5. The molecule has 5 rings (SSSR count). The maximum Gasteiger partial charge on any atom is 0.319 e. The number of rotatable bonds is 4. The number of aromatic nitrogens is 4. The highest BCUT2D eigenvalue weighted by molar-refractivity contribution is 6.30. The van der Waals surface area contributed by atoms with Gasteiger partial charge in [-0.1, -0.05) is 11.6 Å². The fraction of sp³-hybridized carbons (Fsp3) is 0.400. The van der Waals surface area contributed by atoms with Gasteiger partial charge in [0.15, 0.2) is 11.5 Å². The molecule has 1 saturated carbocycles. The Morgan fingerprint density at radius 2 is 1.90 bits per heavy atom. The van der Waals surface area contributed by atoms with Crippen molar-refractivity contribution in [3.63, 3.8) is 0 Å². The third kappa shape index (κ3) is 3.98. The predicted octanol–water partition coefficient (Wildman–Crippen LogP) is 3.45. The van der Waals surface area contributed by atoms with Gasteiger partial charge in [-0.25, -0.2) is 4.79 Å². The molecule has 1 aliphatic carbocycles. The second-order valence-electron chi connectivity index (χ2n) is 7.68. The minimum Gasteiger partial charge on any atom is -0.353 e. The second kappa shape index (κ2) is 7.51. The average molecular weight is 412 g/mol. The van der Waals surface area contributed by atoms with Crippen molar-refractivity contribution in [2.45, 2.75) is 37.6 Å². The lowest BCUT2D eigenvalue weighted by Crippen LogP contribution is -2.49. The van der Waals surface area contributed by atoms with E-state index in [1.807, 2.05) is 16.6 Å². The van der Waals surface area contributed by atoms with E-state index < -0.39 is 0 Å². The number of nitrogens with one attached hydrogen (secondary N) is 2. The summed E-state index contributed by atoms with van der Waals surface area (Å²) in [6.07, 6.45) is 4.24. The van der Waals surface area contributed by atoms with Crippen LogP contribution in [0.3, 0.4) is 0 Å². The molecule has 1 aliphatic heterocycles. The van der Waals surface area contributed by atoms with Crippen LogP contribution in [0.1, 0.15) is 37.4 Å². The molecule has 150 valence electrons. The van der Waals surface area contributed by atoms with Gasteiger partial charge >= 0.3 is 6.03 Å². The van der Waals surface area contributed by atoms with Crippen molar-refractivity contribution in [3.05, 3.63) is 47.2 Å². The minimum atomic E-state index is -0.211. The van der Waals surface area contributed by atoms with E-state index in [2.05, 4.69) is 25.7 Å². The van der Waals surface area contributed by atoms with Gasteiger partial charge in [0.1, 0.15) is 5.82 Å². The van der Waals surface area contributed by atoms with E-state index in [9.17, 15) is 4.79 Å². The van der Waals surface area contributed by atoms with Crippen molar-refractivity contribution in [1.82, 2.24) is 25.1 Å². The molecule has 2 amide bonds. The first-order valence-corrected chi connectivity index (χ1v) is 10.3. The number of urea groups is 1. The van der Waals surface area contributed by atoms with Crippen molar-refractivity contribution in [2.24, 2.45) is 0 Å². The third-order valence-corrected chi connectivity index (χ3v) is 5.65. The molecule has 1 saturated heterocycles. The van der Waals surface area contributed by atoms with E-state index in [4.69, 9.17) is 16.7 Å². The van der Waals surface area contributed by atoms with Crippen molar-refractivity contribution < 1.29 is 4.79 Å². The van der Waals surface area contributed by atoms with Gasteiger partial charge in [0.2, 0.25) is 0 Å². The number of carbonyl (C=O) groups is 1. The molecule has 29 heavy (non-hydrogen) atoms. The van der Waals surface area contributed by atoms with Crippen LogP contribution in [0, 0.1) is 0 Å². The molecule has 2 aromatic heterocycles. The van der Waals surface area contributed by atoms with E-state index in [0.29, 0.717) is 23.2 Å². The molecule has 3 aromatic rings. The predicted molar refractivity (Wildman–Crippen MR) is 112 cm³/mol. The molecular formula is C20H22ClN7O. The van der Waals surface area contributed by atoms with Crippen LogP contribution in [-0.4, -0.2) is 45.0 Å². The lowest BCUT2D eigenvalue weighted by Gasteiger charge is -2.33. The number of nitrogens with zero attached hydrogens (tertiary/aromatic N) is 5. The van der Waals surface area contributed by atoms with Crippen LogP contribution in [0.2, 0.25) is 5.02 Å². The van der Waals surface area contributed by atoms with Crippen LogP contribution >= 0.6 is 11.6 Å². The highest BCUT2D eigenvalue weighted by Gasteiger charge is 2.30. The Kier molecular flexibility index (Phi) is 4.71. The molecule has 2 aliphatic rings. The van der Waals surface area contributed by atoms with Crippen molar-refractivity contribution in [1.29, 1.82) is 0 Å². The van der Waals surface area contributed by atoms with E-state index >= 15 is 0 Å². The summed E-state index contributed by atoms with van der Waals surface area (Å²) in [7, 11) is 0. The molecule has 0 bridgehead atoms. The number of anilines is 2. The van der Waals surface area contributed by atoms with Gasteiger partial charge in [-0.05, 0) is 62.1 Å². The highest BCUT2D eigenvalue weighted by Crippen LogP contribution is 2.38. The molecule has 1 unspecified atom stereocenters. The van der Waals surface area contributed by atoms with Crippen LogP contribution in [0.4, 0.5) is 16.3 Å². The molecule has 0 spiro atoms. The van der Waals surface area contributed by atoms with Gasteiger partial charge in [0.25, 0.3) is 0 Å². The standard InChI is InChI=1S/C20H22ClN7O/c21-14-5-7-15(8-6-14)22-20(29)23-16-2-1-11-27(12-16)18-10-9-17-24-25-19(13-3-4-13)28(17)26-18/h5-10,13,16H,1-4,11-12H2,(H2,22,23,29). The van der Waals surface area contributed by atoms with E-state index in [0.717, 1.165) is 49.5 Å². The Morgan fingerprint density at radius 1 is 1.07 bits per heavy atom. The van der Waals surface area contributed by atoms with Crippen LogP contribution in [0.15, 0.2) is 36.4 Å². The van der Waals surface area contributed by atoms with Gasteiger partial charge in [0, 0.05) is 35.8 Å². The molecule has 1 atom stereocenters. The number of halogens is 1. The van der Waals surface area contributed by atoms with E-state index in [1.165, 1.54) is 0 Å². The van der Waals surface area contributed by atoms with Crippen LogP contribution in [-0.2, 0) is 0 Å². The summed E-state index contributed by atoms with van der Waals surface area (Å²) in [5.74, 6) is 2.33. The summed E-state index contributed by atoms with van der Waals surface area (Å²) in [6.45, 7) is 1.63. The van der Waals surface area contributed by atoms with Gasteiger partial charge in [-0.2, -0.15) is 4.52 Å². The van der Waals surface area contributed by atoms with Gasteiger partial charge in [0.05, 0.1) is 0 Å². The zero-order valence-electron chi connectivity index (χ0n) is 15.9. The van der Waals surface area contributed by atoms with Crippen LogP contribution in [0.5, 0.6) is 0 Å². The molecule has 0 radical (unpaired) electrons. The molecule has 2 fully saturated rings. The quantitative estimate of drug-likeness (QED) is 0.686. The summed E-state index contributed by atoms with van der Waals surface area (Å²) in [5.41, 5.74) is 1.50. The average Bonchev–Trinajstić information content (AvgIpc) is 3.48. The first-order chi connectivity index (χ1) is 14.2. The number of piperidine rings is 1. The van der Waals surface area contributed by atoms with Gasteiger partial charge in [-0.3, -0.25) is 0 Å². The zero-order valence-corrected chi connectivity index (χ0v) is 16.6. The second-order valence-corrected chi connectivity index (χ2v) is 8.12. The normalized spacial score (nSPS) is 19.3. The number of hydrogen-bond donors (Lipinski definition) is 2. The lowest BCUT2D eigenvalue weighted by atomic mass is 10.1. The summed E-state index contributed by atoms with van der Waals surface area (Å²) < 4.78 is 1.87. The Hall–Kier alpha value is -2.87. The van der Waals surface area contributed by atoms with Gasteiger partial charge < -0.3 is 15.5 Å². The Labute approximate surface area is 173 Å². The Balaban J connectivity index is 1.25. The summed E-state index contributed by atoms with van der Waals surface area (Å²) in [4.78, 5) is 14.6. The Bertz CT molecular complexity index is 1030. The highest BCUT2D eigenvalue weighted by atomic mass is 35.5.